The highest BCUT2D eigenvalue weighted by Gasteiger charge is 2.04. The van der Waals surface area contributed by atoms with Gasteiger partial charge in [0.25, 0.3) is 0 Å². The van der Waals surface area contributed by atoms with Crippen LogP contribution >= 0.6 is 0 Å². The highest BCUT2D eigenvalue weighted by molar-refractivity contribution is 7.79. The lowest BCUT2D eigenvalue weighted by Gasteiger charge is -2.01. The number of esters is 1. The zero-order valence-corrected chi connectivity index (χ0v) is 9.98. The summed E-state index contributed by atoms with van der Waals surface area (Å²) in [7, 11) is 0. The molecule has 92 valence electrons. The summed E-state index contributed by atoms with van der Waals surface area (Å²) in [5, 5.41) is 7.12. The van der Waals surface area contributed by atoms with Gasteiger partial charge < -0.3 is 9.29 Å². The van der Waals surface area contributed by atoms with E-state index >= 15 is 0 Å². The first kappa shape index (κ1) is 13.5. The Bertz CT molecular complexity index is 430. The first-order valence-corrected chi connectivity index (χ1v) is 6.08. The van der Waals surface area contributed by atoms with Crippen molar-refractivity contribution in [3.8, 4) is 0 Å². The molecule has 0 radical (unpaired) electrons. The fourth-order valence-electron chi connectivity index (χ4n) is 1.04. The molecule has 1 aromatic rings. The topological polar surface area (TPSA) is 91.2 Å². The Labute approximate surface area is 101 Å². The van der Waals surface area contributed by atoms with Crippen LogP contribution in [-0.2, 0) is 15.8 Å². The minimum Gasteiger partial charge on any atom is -0.771 e. The highest BCUT2D eigenvalue weighted by atomic mass is 32.2. The van der Waals surface area contributed by atoms with Gasteiger partial charge in [0.05, 0.1) is 17.9 Å². The van der Waals surface area contributed by atoms with Crippen LogP contribution in [-0.4, -0.2) is 27.2 Å². The fourth-order valence-corrected chi connectivity index (χ4v) is 1.19. The summed E-state index contributed by atoms with van der Waals surface area (Å²) in [6, 6.07) is 6.20. The van der Waals surface area contributed by atoms with Crippen molar-refractivity contribution in [2.45, 2.75) is 6.92 Å². The average Bonchev–Trinajstić information content (AvgIpc) is 2.30. The molecular weight excluding hydrogens is 244 g/mol. The Balaban J connectivity index is 2.64. The van der Waals surface area contributed by atoms with Crippen molar-refractivity contribution < 1.29 is 18.3 Å². The second kappa shape index (κ2) is 6.87. The van der Waals surface area contributed by atoms with E-state index < -0.39 is 17.0 Å². The van der Waals surface area contributed by atoms with Crippen molar-refractivity contribution in [2.24, 2.45) is 10.2 Å². The zero-order valence-electron chi connectivity index (χ0n) is 9.16. The number of carbonyl (C=O) groups is 1. The molecule has 1 atom stereocenters. The molecule has 0 aliphatic carbocycles. The molecule has 0 amide bonds. The van der Waals surface area contributed by atoms with Crippen LogP contribution in [0.15, 0.2) is 34.5 Å². The minimum atomic E-state index is -2.24. The molecular formula is C10H11N2O4S-. The van der Waals surface area contributed by atoms with Gasteiger partial charge in [-0.1, -0.05) is 0 Å². The second-order valence-electron chi connectivity index (χ2n) is 2.94. The first-order valence-electron chi connectivity index (χ1n) is 4.84. The van der Waals surface area contributed by atoms with Gasteiger partial charge in [-0.3, -0.25) is 4.21 Å². The van der Waals surface area contributed by atoms with E-state index in [4.69, 9.17) is 4.74 Å². The molecule has 7 heteroatoms. The minimum absolute atomic E-state index is 0.315. The normalized spacial score (nSPS) is 12.6. The Hall–Kier alpha value is -1.60. The third-order valence-corrected chi connectivity index (χ3v) is 2.05. The number of hydrogen-bond acceptors (Lipinski definition) is 6. The van der Waals surface area contributed by atoms with Gasteiger partial charge in [-0.15, -0.1) is 0 Å². The molecule has 17 heavy (non-hydrogen) atoms. The van der Waals surface area contributed by atoms with Gasteiger partial charge in [0.2, 0.25) is 0 Å². The number of ether oxygens (including phenoxy) is 1. The Morgan fingerprint density at radius 2 is 2.06 bits per heavy atom. The Morgan fingerprint density at radius 3 is 2.59 bits per heavy atom. The third-order valence-electron chi connectivity index (χ3n) is 1.73. The van der Waals surface area contributed by atoms with Crippen molar-refractivity contribution in [2.75, 3.05) is 12.5 Å². The number of hydrogen-bond donors (Lipinski definition) is 0. The SMILES string of the molecule is CCOC(=O)c1ccc(N=NCS(=O)[O-])cc1. The van der Waals surface area contributed by atoms with Crippen molar-refractivity contribution in [3.05, 3.63) is 29.8 Å². The van der Waals surface area contributed by atoms with Gasteiger partial charge in [-0.2, -0.15) is 10.2 Å². The molecule has 0 N–H and O–H groups in total. The molecule has 0 aromatic heterocycles. The van der Waals surface area contributed by atoms with Crippen LogP contribution in [0.3, 0.4) is 0 Å². The number of carbonyl (C=O) groups excluding carboxylic acids is 1. The lowest BCUT2D eigenvalue weighted by Crippen LogP contribution is -2.03. The summed E-state index contributed by atoms with van der Waals surface area (Å²) in [5.41, 5.74) is 0.890. The Morgan fingerprint density at radius 1 is 1.41 bits per heavy atom. The van der Waals surface area contributed by atoms with E-state index in [-0.39, 0.29) is 5.88 Å². The molecule has 0 heterocycles. The highest BCUT2D eigenvalue weighted by Crippen LogP contribution is 2.14. The predicted octanol–water partition coefficient (Wildman–Crippen LogP) is 1.78. The van der Waals surface area contributed by atoms with E-state index in [0.29, 0.717) is 17.9 Å². The van der Waals surface area contributed by atoms with Crippen molar-refractivity contribution in [3.63, 3.8) is 0 Å². The van der Waals surface area contributed by atoms with Crippen LogP contribution in [0.1, 0.15) is 17.3 Å². The number of rotatable bonds is 5. The first-order chi connectivity index (χ1) is 8.13. The largest absolute Gasteiger partial charge is 0.771 e. The van der Waals surface area contributed by atoms with Crippen LogP contribution in [0, 0.1) is 0 Å². The molecule has 0 bridgehead atoms. The van der Waals surface area contributed by atoms with E-state index in [2.05, 4.69) is 10.2 Å². The average molecular weight is 255 g/mol. The van der Waals surface area contributed by atoms with Crippen molar-refractivity contribution >= 4 is 22.7 Å². The van der Waals surface area contributed by atoms with Gasteiger partial charge in [0, 0.05) is 0 Å². The zero-order chi connectivity index (χ0) is 12.7. The summed E-state index contributed by atoms with van der Waals surface area (Å²) in [6.45, 7) is 2.04. The van der Waals surface area contributed by atoms with Crippen LogP contribution < -0.4 is 0 Å². The monoisotopic (exact) mass is 255 g/mol. The predicted molar refractivity (Wildman–Crippen MR) is 60.7 cm³/mol. The fraction of sp³-hybridized carbons (Fsp3) is 0.300. The van der Waals surface area contributed by atoms with Crippen molar-refractivity contribution in [1.82, 2.24) is 0 Å². The van der Waals surface area contributed by atoms with E-state index in [0.717, 1.165) is 0 Å². The summed E-state index contributed by atoms with van der Waals surface area (Å²) in [6.07, 6.45) is 0. The Kier molecular flexibility index (Phi) is 5.44. The van der Waals surface area contributed by atoms with Gasteiger partial charge in [-0.05, 0) is 42.3 Å². The smallest absolute Gasteiger partial charge is 0.338 e. The molecule has 0 aliphatic rings. The number of benzene rings is 1. The quantitative estimate of drug-likeness (QED) is 0.455. The second-order valence-corrected chi connectivity index (χ2v) is 3.81. The summed E-state index contributed by atoms with van der Waals surface area (Å²) in [4.78, 5) is 11.3. The molecule has 1 unspecified atom stereocenters. The van der Waals surface area contributed by atoms with E-state index in [9.17, 15) is 13.6 Å². The van der Waals surface area contributed by atoms with Gasteiger partial charge >= 0.3 is 5.97 Å². The lowest BCUT2D eigenvalue weighted by atomic mass is 10.2. The maximum absolute atomic E-state index is 11.3. The molecule has 0 fully saturated rings. The summed E-state index contributed by atoms with van der Waals surface area (Å²) in [5.74, 6) is -0.781. The standard InChI is InChI=1S/C10H12N2O4S/c1-2-16-10(13)8-3-5-9(6-4-8)12-11-7-17(14)15/h3-6H,2,7H2,1H3,(H,14,15)/p-1. The molecule has 1 rings (SSSR count). The van der Waals surface area contributed by atoms with E-state index in [1.165, 1.54) is 0 Å². The maximum Gasteiger partial charge on any atom is 0.338 e. The van der Waals surface area contributed by atoms with Crippen LogP contribution in [0.25, 0.3) is 0 Å². The molecule has 0 spiro atoms. The molecule has 6 nitrogen and oxygen atoms in total. The maximum atomic E-state index is 11.3. The number of azo groups is 1. The van der Waals surface area contributed by atoms with Crippen molar-refractivity contribution in [1.29, 1.82) is 0 Å². The molecule has 0 saturated carbocycles. The number of nitrogens with zero attached hydrogens (tertiary/aromatic N) is 2. The molecule has 1 aromatic carbocycles. The summed E-state index contributed by atoms with van der Waals surface area (Å²) < 4.78 is 25.2. The van der Waals surface area contributed by atoms with E-state index in [1.807, 2.05) is 0 Å². The molecule has 0 saturated heterocycles. The van der Waals surface area contributed by atoms with E-state index in [1.54, 1.807) is 31.2 Å². The molecule has 0 aliphatic heterocycles. The van der Waals surface area contributed by atoms with Gasteiger partial charge in [0.1, 0.15) is 5.88 Å². The van der Waals surface area contributed by atoms with Crippen LogP contribution in [0.5, 0.6) is 0 Å². The van der Waals surface area contributed by atoms with Crippen LogP contribution in [0.2, 0.25) is 0 Å². The van der Waals surface area contributed by atoms with Gasteiger partial charge in [0.15, 0.2) is 0 Å². The van der Waals surface area contributed by atoms with Gasteiger partial charge in [-0.25, -0.2) is 4.79 Å². The third kappa shape index (κ3) is 4.83. The summed E-state index contributed by atoms with van der Waals surface area (Å²) >= 11 is -2.24. The van der Waals surface area contributed by atoms with Crippen LogP contribution in [0.4, 0.5) is 5.69 Å². The lowest BCUT2D eigenvalue weighted by molar-refractivity contribution is 0.0526.